The molecule has 0 aromatic rings. The molecular weight excluding hydrogens is 188 g/mol. The maximum atomic E-state index is 11.4. The Bertz CT molecular complexity index is 232. The molecule has 76 valence electrons. The number of nitrogens with zero attached hydrogens (tertiary/aromatic N) is 1. The SMILES string of the molecule is CC(CS(C)=O)N1CCC(N)C1=O. The molecule has 0 aromatic carbocycles. The van der Waals surface area contributed by atoms with Gasteiger partial charge in [-0.1, -0.05) is 0 Å². The zero-order chi connectivity index (χ0) is 10.0. The molecule has 0 bridgehead atoms. The third kappa shape index (κ3) is 2.51. The van der Waals surface area contributed by atoms with Crippen LogP contribution in [0.5, 0.6) is 0 Å². The predicted molar refractivity (Wildman–Crippen MR) is 52.7 cm³/mol. The highest BCUT2D eigenvalue weighted by Crippen LogP contribution is 2.13. The first-order valence-electron chi connectivity index (χ1n) is 4.38. The number of amides is 1. The summed E-state index contributed by atoms with van der Waals surface area (Å²) in [5.41, 5.74) is 5.57. The fraction of sp³-hybridized carbons (Fsp3) is 0.875. The van der Waals surface area contributed by atoms with Gasteiger partial charge in [-0.15, -0.1) is 0 Å². The maximum absolute atomic E-state index is 11.4. The number of hydrogen-bond acceptors (Lipinski definition) is 3. The van der Waals surface area contributed by atoms with Crippen LogP contribution in [0.3, 0.4) is 0 Å². The van der Waals surface area contributed by atoms with Crippen molar-refractivity contribution < 1.29 is 9.00 Å². The van der Waals surface area contributed by atoms with Crippen molar-refractivity contribution in [2.24, 2.45) is 5.73 Å². The van der Waals surface area contributed by atoms with E-state index in [1.165, 1.54) is 0 Å². The van der Waals surface area contributed by atoms with E-state index in [4.69, 9.17) is 5.73 Å². The van der Waals surface area contributed by atoms with Gasteiger partial charge in [-0.05, 0) is 13.3 Å². The second kappa shape index (κ2) is 4.19. The summed E-state index contributed by atoms with van der Waals surface area (Å²) < 4.78 is 10.9. The zero-order valence-electron chi connectivity index (χ0n) is 8.03. The largest absolute Gasteiger partial charge is 0.338 e. The van der Waals surface area contributed by atoms with Crippen molar-refractivity contribution in [2.75, 3.05) is 18.6 Å². The van der Waals surface area contributed by atoms with Crippen LogP contribution in [0, 0.1) is 0 Å². The van der Waals surface area contributed by atoms with Gasteiger partial charge >= 0.3 is 0 Å². The molecule has 5 heteroatoms. The van der Waals surface area contributed by atoms with Gasteiger partial charge in [0.15, 0.2) is 0 Å². The van der Waals surface area contributed by atoms with Crippen molar-refractivity contribution in [2.45, 2.75) is 25.4 Å². The topological polar surface area (TPSA) is 63.4 Å². The Balaban J connectivity index is 2.53. The molecular formula is C8H16N2O2S. The Morgan fingerprint density at radius 3 is 2.77 bits per heavy atom. The summed E-state index contributed by atoms with van der Waals surface area (Å²) in [6.07, 6.45) is 2.37. The Labute approximate surface area is 80.9 Å². The van der Waals surface area contributed by atoms with Crippen LogP contribution < -0.4 is 5.73 Å². The fourth-order valence-corrected chi connectivity index (χ4v) is 2.45. The van der Waals surface area contributed by atoms with Gasteiger partial charge in [0.05, 0.1) is 6.04 Å². The number of carbonyl (C=O) groups is 1. The Morgan fingerprint density at radius 2 is 2.38 bits per heavy atom. The molecule has 1 saturated heterocycles. The van der Waals surface area contributed by atoms with Crippen LogP contribution in [-0.4, -0.2) is 45.7 Å². The minimum absolute atomic E-state index is 0.00190. The molecule has 4 nitrogen and oxygen atoms in total. The smallest absolute Gasteiger partial charge is 0.239 e. The van der Waals surface area contributed by atoms with Crippen molar-refractivity contribution >= 4 is 16.7 Å². The first-order valence-corrected chi connectivity index (χ1v) is 6.11. The monoisotopic (exact) mass is 204 g/mol. The Kier molecular flexibility index (Phi) is 3.44. The molecule has 0 aliphatic carbocycles. The predicted octanol–water partition coefficient (Wildman–Crippen LogP) is -0.687. The van der Waals surface area contributed by atoms with Crippen molar-refractivity contribution in [1.29, 1.82) is 0 Å². The molecule has 0 aromatic heterocycles. The van der Waals surface area contributed by atoms with Gasteiger partial charge in [-0.25, -0.2) is 0 Å². The lowest BCUT2D eigenvalue weighted by atomic mass is 10.3. The highest BCUT2D eigenvalue weighted by molar-refractivity contribution is 7.84. The van der Waals surface area contributed by atoms with Crippen LogP contribution in [0.2, 0.25) is 0 Å². The summed E-state index contributed by atoms with van der Waals surface area (Å²) in [6, 6.07) is -0.292. The number of carbonyl (C=O) groups excluding carboxylic acids is 1. The summed E-state index contributed by atoms with van der Waals surface area (Å²) in [4.78, 5) is 13.2. The van der Waals surface area contributed by atoms with Gasteiger partial charge in [0.1, 0.15) is 0 Å². The van der Waals surface area contributed by atoms with Crippen LogP contribution in [0.4, 0.5) is 0 Å². The molecule has 2 N–H and O–H groups in total. The van der Waals surface area contributed by atoms with E-state index in [0.29, 0.717) is 12.3 Å². The number of likely N-dealkylation sites (tertiary alicyclic amines) is 1. The van der Waals surface area contributed by atoms with Crippen molar-refractivity contribution in [1.82, 2.24) is 4.90 Å². The number of nitrogens with two attached hydrogens (primary N) is 1. The summed E-state index contributed by atoms with van der Waals surface area (Å²) in [6.45, 7) is 2.62. The third-order valence-corrected chi connectivity index (χ3v) is 3.24. The van der Waals surface area contributed by atoms with Gasteiger partial charge in [0.2, 0.25) is 5.91 Å². The molecule has 0 spiro atoms. The average molecular weight is 204 g/mol. The number of hydrogen-bond donors (Lipinski definition) is 1. The first kappa shape index (κ1) is 10.7. The van der Waals surface area contributed by atoms with Gasteiger partial charge in [0.25, 0.3) is 0 Å². The van der Waals surface area contributed by atoms with Crippen LogP contribution >= 0.6 is 0 Å². The summed E-state index contributed by atoms with van der Waals surface area (Å²) >= 11 is 0. The second-order valence-electron chi connectivity index (χ2n) is 3.52. The highest BCUT2D eigenvalue weighted by Gasteiger charge is 2.31. The van der Waals surface area contributed by atoms with Crippen LogP contribution in [-0.2, 0) is 15.6 Å². The minimum atomic E-state index is -0.853. The van der Waals surface area contributed by atoms with Crippen LogP contribution in [0.25, 0.3) is 0 Å². The van der Waals surface area contributed by atoms with E-state index in [1.807, 2.05) is 6.92 Å². The quantitative estimate of drug-likeness (QED) is 0.662. The van der Waals surface area contributed by atoms with E-state index in [-0.39, 0.29) is 18.0 Å². The average Bonchev–Trinajstić information content (AvgIpc) is 2.31. The molecule has 1 fully saturated rings. The van der Waals surface area contributed by atoms with Crippen molar-refractivity contribution in [3.8, 4) is 0 Å². The fourth-order valence-electron chi connectivity index (χ4n) is 1.59. The highest BCUT2D eigenvalue weighted by atomic mass is 32.2. The van der Waals surface area contributed by atoms with E-state index in [2.05, 4.69) is 0 Å². The lowest BCUT2D eigenvalue weighted by Gasteiger charge is -2.23. The number of rotatable bonds is 3. The molecule has 0 saturated carbocycles. The molecule has 3 unspecified atom stereocenters. The normalized spacial score (nSPS) is 27.8. The van der Waals surface area contributed by atoms with E-state index in [9.17, 15) is 9.00 Å². The minimum Gasteiger partial charge on any atom is -0.338 e. The molecule has 1 rings (SSSR count). The summed E-state index contributed by atoms with van der Waals surface area (Å²) in [7, 11) is -0.853. The van der Waals surface area contributed by atoms with Gasteiger partial charge < -0.3 is 10.6 Å². The Hall–Kier alpha value is -0.420. The van der Waals surface area contributed by atoms with E-state index in [0.717, 1.165) is 6.42 Å². The zero-order valence-corrected chi connectivity index (χ0v) is 8.84. The third-order valence-electron chi connectivity index (χ3n) is 2.29. The van der Waals surface area contributed by atoms with E-state index in [1.54, 1.807) is 11.2 Å². The molecule has 1 heterocycles. The molecule has 1 aliphatic rings. The lowest BCUT2D eigenvalue weighted by molar-refractivity contribution is -0.130. The standard InChI is InChI=1S/C8H16N2O2S/c1-6(5-13(2)12)10-4-3-7(9)8(10)11/h6-7H,3-5,9H2,1-2H3. The maximum Gasteiger partial charge on any atom is 0.239 e. The molecule has 3 atom stereocenters. The van der Waals surface area contributed by atoms with Crippen LogP contribution in [0.1, 0.15) is 13.3 Å². The second-order valence-corrected chi connectivity index (χ2v) is 5.00. The van der Waals surface area contributed by atoms with Crippen molar-refractivity contribution in [3.05, 3.63) is 0 Å². The van der Waals surface area contributed by atoms with Gasteiger partial charge in [0, 0.05) is 35.4 Å². The summed E-state index contributed by atoms with van der Waals surface area (Å²) in [5.74, 6) is 0.538. The summed E-state index contributed by atoms with van der Waals surface area (Å²) in [5, 5.41) is 0. The Morgan fingerprint density at radius 1 is 1.77 bits per heavy atom. The van der Waals surface area contributed by atoms with Crippen molar-refractivity contribution in [3.63, 3.8) is 0 Å². The first-order chi connectivity index (χ1) is 6.02. The lowest BCUT2D eigenvalue weighted by Crippen LogP contribution is -2.41. The molecule has 1 amide bonds. The molecule has 1 aliphatic heterocycles. The molecule has 0 radical (unpaired) electrons. The van der Waals surface area contributed by atoms with E-state index >= 15 is 0 Å². The van der Waals surface area contributed by atoms with Gasteiger partial charge in [-0.2, -0.15) is 0 Å². The molecule has 13 heavy (non-hydrogen) atoms. The van der Waals surface area contributed by atoms with Crippen LogP contribution in [0.15, 0.2) is 0 Å². The van der Waals surface area contributed by atoms with Gasteiger partial charge in [-0.3, -0.25) is 9.00 Å². The van der Waals surface area contributed by atoms with E-state index < -0.39 is 10.8 Å².